The number of nitrogens with two attached hydrogens (primary N) is 1. The number of hydrogen-bond acceptors (Lipinski definition) is 3. The van der Waals surface area contributed by atoms with E-state index >= 15 is 0 Å². The molecule has 0 saturated carbocycles. The predicted molar refractivity (Wildman–Crippen MR) is 83.8 cm³/mol. The highest BCUT2D eigenvalue weighted by atomic mass is 32.1. The van der Waals surface area contributed by atoms with Crippen LogP contribution in [0.5, 0.6) is 0 Å². The Morgan fingerprint density at radius 2 is 1.84 bits per heavy atom. The summed E-state index contributed by atoms with van der Waals surface area (Å²) in [4.78, 5) is 4.74. The molecule has 2 N–H and O–H groups in total. The zero-order chi connectivity index (χ0) is 14.0. The molecular weight excluding hydrogens is 252 g/mol. The van der Waals surface area contributed by atoms with Gasteiger partial charge in [-0.2, -0.15) is 0 Å². The zero-order valence-corrected chi connectivity index (χ0v) is 12.9. The Hall–Kier alpha value is -1.35. The maximum absolute atomic E-state index is 6.12. The molecule has 19 heavy (non-hydrogen) atoms. The van der Waals surface area contributed by atoms with Gasteiger partial charge in [-0.05, 0) is 17.9 Å². The molecule has 0 fully saturated rings. The first-order chi connectivity index (χ1) is 8.88. The maximum atomic E-state index is 6.12. The summed E-state index contributed by atoms with van der Waals surface area (Å²) < 4.78 is 0. The first-order valence-corrected chi connectivity index (χ1v) is 7.50. The Kier molecular flexibility index (Phi) is 3.95. The van der Waals surface area contributed by atoms with E-state index in [1.807, 2.05) is 6.07 Å². The Morgan fingerprint density at radius 3 is 2.37 bits per heavy atom. The zero-order valence-electron chi connectivity index (χ0n) is 12.1. The lowest BCUT2D eigenvalue weighted by atomic mass is 9.96. The molecule has 2 rings (SSSR count). The van der Waals surface area contributed by atoms with Crippen molar-refractivity contribution in [1.29, 1.82) is 0 Å². The van der Waals surface area contributed by atoms with E-state index in [0.29, 0.717) is 5.92 Å². The first kappa shape index (κ1) is 14.1. The minimum Gasteiger partial charge on any atom is -0.389 e. The average molecular weight is 274 g/mol. The third kappa shape index (κ3) is 3.35. The molecule has 1 unspecified atom stereocenters. The van der Waals surface area contributed by atoms with Crippen LogP contribution in [-0.4, -0.2) is 4.98 Å². The normalized spacial score (nSPS) is 13.5. The van der Waals surface area contributed by atoms with Crippen LogP contribution >= 0.6 is 11.3 Å². The van der Waals surface area contributed by atoms with Crippen molar-refractivity contribution in [3.05, 3.63) is 46.6 Å². The lowest BCUT2D eigenvalue weighted by molar-refractivity contribution is 0.581. The van der Waals surface area contributed by atoms with Gasteiger partial charge in [0.1, 0.15) is 10.0 Å². The van der Waals surface area contributed by atoms with Crippen LogP contribution in [0.3, 0.4) is 0 Å². The van der Waals surface area contributed by atoms with Gasteiger partial charge < -0.3 is 5.73 Å². The summed E-state index contributed by atoms with van der Waals surface area (Å²) in [5, 5.41) is 1.99. The molecule has 3 heteroatoms. The van der Waals surface area contributed by atoms with E-state index in [1.54, 1.807) is 11.3 Å². The van der Waals surface area contributed by atoms with Crippen LogP contribution in [-0.2, 0) is 11.8 Å². The van der Waals surface area contributed by atoms with Crippen molar-refractivity contribution in [3.8, 4) is 0 Å². The van der Waals surface area contributed by atoms with Crippen molar-refractivity contribution in [3.63, 3.8) is 0 Å². The third-order valence-electron chi connectivity index (χ3n) is 3.24. The van der Waals surface area contributed by atoms with Gasteiger partial charge in [0.05, 0.1) is 5.69 Å². The van der Waals surface area contributed by atoms with Gasteiger partial charge >= 0.3 is 0 Å². The quantitative estimate of drug-likeness (QED) is 0.902. The van der Waals surface area contributed by atoms with Gasteiger partial charge in [-0.1, -0.05) is 58.0 Å². The minimum absolute atomic E-state index is 0.0764. The van der Waals surface area contributed by atoms with Crippen molar-refractivity contribution < 1.29 is 0 Å². The number of rotatable bonds is 3. The molecule has 0 radical (unpaired) electrons. The van der Waals surface area contributed by atoms with Gasteiger partial charge in [0.2, 0.25) is 0 Å². The minimum atomic E-state index is 0.0764. The highest BCUT2D eigenvalue weighted by Crippen LogP contribution is 2.33. The summed E-state index contributed by atoms with van der Waals surface area (Å²) in [5.74, 6) is 0.443. The monoisotopic (exact) mass is 274 g/mol. The molecule has 1 aromatic heterocycles. The van der Waals surface area contributed by atoms with Gasteiger partial charge in [-0.15, -0.1) is 11.3 Å². The Morgan fingerprint density at radius 1 is 1.21 bits per heavy atom. The molecule has 0 aliphatic carbocycles. The highest BCUT2D eigenvalue weighted by Gasteiger charge is 2.21. The lowest BCUT2D eigenvalue weighted by Gasteiger charge is -2.14. The van der Waals surface area contributed by atoms with Gasteiger partial charge in [0.15, 0.2) is 0 Å². The number of hydrogen-bond donors (Lipinski definition) is 1. The van der Waals surface area contributed by atoms with Crippen molar-refractivity contribution >= 4 is 16.3 Å². The van der Waals surface area contributed by atoms with Crippen LogP contribution < -0.4 is 5.73 Å². The van der Waals surface area contributed by atoms with Gasteiger partial charge in [0.25, 0.3) is 0 Å². The molecule has 1 aromatic carbocycles. The van der Waals surface area contributed by atoms with E-state index < -0.39 is 0 Å². The molecule has 0 spiro atoms. The molecule has 0 saturated heterocycles. The second kappa shape index (κ2) is 5.33. The second-order valence-electron chi connectivity index (χ2n) is 6.10. The molecule has 2 aromatic rings. The molecule has 0 bridgehead atoms. The number of nitrogens with zero attached hydrogens (tertiary/aromatic N) is 1. The molecule has 1 heterocycles. The number of anilines is 1. The van der Waals surface area contributed by atoms with E-state index in [4.69, 9.17) is 10.7 Å². The standard InChI is InChI=1S/C16H22N2S/c1-11(12-8-6-5-7-9-12)10-13-14(17)19-15(18-13)16(2,3)4/h5-9,11H,10,17H2,1-4H3. The largest absolute Gasteiger partial charge is 0.389 e. The molecule has 102 valence electrons. The van der Waals surface area contributed by atoms with Crippen molar-refractivity contribution in [2.75, 3.05) is 5.73 Å². The van der Waals surface area contributed by atoms with Crippen molar-refractivity contribution in [2.24, 2.45) is 0 Å². The number of aromatic nitrogens is 1. The number of nitrogen functional groups attached to an aromatic ring is 1. The van der Waals surface area contributed by atoms with E-state index in [9.17, 15) is 0 Å². The summed E-state index contributed by atoms with van der Waals surface area (Å²) in [6.07, 6.45) is 0.905. The van der Waals surface area contributed by atoms with Crippen LogP contribution in [0.2, 0.25) is 0 Å². The van der Waals surface area contributed by atoms with E-state index in [0.717, 1.165) is 22.1 Å². The van der Waals surface area contributed by atoms with Crippen LogP contribution in [0.25, 0.3) is 0 Å². The van der Waals surface area contributed by atoms with Crippen LogP contribution in [0.4, 0.5) is 5.00 Å². The summed E-state index contributed by atoms with van der Waals surface area (Å²) in [6.45, 7) is 8.76. The summed E-state index contributed by atoms with van der Waals surface area (Å²) >= 11 is 1.63. The molecule has 0 aliphatic rings. The van der Waals surface area contributed by atoms with Crippen LogP contribution in [0.1, 0.15) is 49.9 Å². The SMILES string of the molecule is CC(Cc1nc(C(C)(C)C)sc1N)c1ccccc1. The van der Waals surface area contributed by atoms with Crippen molar-refractivity contribution in [1.82, 2.24) is 4.98 Å². The highest BCUT2D eigenvalue weighted by molar-refractivity contribution is 7.15. The third-order valence-corrected chi connectivity index (χ3v) is 4.59. The fourth-order valence-corrected chi connectivity index (χ4v) is 2.94. The Balaban J connectivity index is 2.18. The Labute approximate surface area is 119 Å². The van der Waals surface area contributed by atoms with E-state index in [2.05, 4.69) is 52.0 Å². The van der Waals surface area contributed by atoms with Crippen molar-refractivity contribution in [2.45, 2.75) is 45.4 Å². The van der Waals surface area contributed by atoms with Gasteiger partial charge in [0, 0.05) is 5.41 Å². The average Bonchev–Trinajstić information content (AvgIpc) is 2.72. The molecule has 0 aliphatic heterocycles. The maximum Gasteiger partial charge on any atom is 0.109 e. The summed E-state index contributed by atoms with van der Waals surface area (Å²) in [5.41, 5.74) is 8.58. The fourth-order valence-electron chi connectivity index (χ4n) is 2.02. The van der Waals surface area contributed by atoms with Gasteiger partial charge in [-0.25, -0.2) is 4.98 Å². The first-order valence-electron chi connectivity index (χ1n) is 6.68. The topological polar surface area (TPSA) is 38.9 Å². The van der Waals surface area contributed by atoms with Gasteiger partial charge in [-0.3, -0.25) is 0 Å². The number of benzene rings is 1. The van der Waals surface area contributed by atoms with Crippen LogP contribution in [0, 0.1) is 0 Å². The summed E-state index contributed by atoms with van der Waals surface area (Å²) in [7, 11) is 0. The summed E-state index contributed by atoms with van der Waals surface area (Å²) in [6, 6.07) is 10.5. The number of thiazole rings is 1. The van der Waals surface area contributed by atoms with E-state index in [1.165, 1.54) is 5.56 Å². The molecular formula is C16H22N2S. The van der Waals surface area contributed by atoms with Crippen LogP contribution in [0.15, 0.2) is 30.3 Å². The fraction of sp³-hybridized carbons (Fsp3) is 0.438. The smallest absolute Gasteiger partial charge is 0.109 e. The second-order valence-corrected chi connectivity index (χ2v) is 7.13. The molecule has 0 amide bonds. The predicted octanol–water partition coefficient (Wildman–Crippen LogP) is 4.37. The molecule has 1 atom stereocenters. The Bertz CT molecular complexity index is 538. The lowest BCUT2D eigenvalue weighted by Crippen LogP contribution is -2.10. The molecule has 2 nitrogen and oxygen atoms in total. The van der Waals surface area contributed by atoms with E-state index in [-0.39, 0.29) is 5.41 Å².